The van der Waals surface area contributed by atoms with Crippen LogP contribution in [0.25, 0.3) is 22.3 Å². The van der Waals surface area contributed by atoms with Crippen LogP contribution in [0.3, 0.4) is 0 Å². The summed E-state index contributed by atoms with van der Waals surface area (Å²) in [5.41, 5.74) is 8.21. The van der Waals surface area contributed by atoms with E-state index in [-0.39, 0.29) is 5.56 Å². The quantitative estimate of drug-likeness (QED) is 0.799. The van der Waals surface area contributed by atoms with Gasteiger partial charge in [-0.3, -0.25) is 9.36 Å². The van der Waals surface area contributed by atoms with Gasteiger partial charge in [0.2, 0.25) is 0 Å². The molecule has 1 heterocycles. The van der Waals surface area contributed by atoms with E-state index in [1.165, 1.54) is 0 Å². The summed E-state index contributed by atoms with van der Waals surface area (Å²) >= 11 is 6.05. The van der Waals surface area contributed by atoms with Crippen molar-refractivity contribution in [3.63, 3.8) is 0 Å². The fraction of sp³-hybridized carbons (Fsp3) is 0.222. The van der Waals surface area contributed by atoms with Crippen LogP contribution in [-0.2, 0) is 6.54 Å². The maximum atomic E-state index is 12.9. The zero-order valence-corrected chi connectivity index (χ0v) is 13.7. The molecule has 3 rings (SSSR count). The zero-order valence-electron chi connectivity index (χ0n) is 12.9. The van der Waals surface area contributed by atoms with Crippen LogP contribution in [0.4, 0.5) is 0 Å². The Labute approximate surface area is 139 Å². The minimum Gasteiger partial charge on any atom is -0.330 e. The largest absolute Gasteiger partial charge is 0.330 e. The molecule has 5 heteroatoms. The van der Waals surface area contributed by atoms with Gasteiger partial charge in [0.05, 0.1) is 10.9 Å². The van der Waals surface area contributed by atoms with E-state index < -0.39 is 0 Å². The van der Waals surface area contributed by atoms with Gasteiger partial charge in [0.25, 0.3) is 5.56 Å². The number of rotatable bonds is 4. The van der Waals surface area contributed by atoms with E-state index in [0.717, 1.165) is 17.5 Å². The van der Waals surface area contributed by atoms with Crippen molar-refractivity contribution in [2.75, 3.05) is 6.54 Å². The molecule has 3 aromatic rings. The number of nitrogens with two attached hydrogens (primary N) is 1. The van der Waals surface area contributed by atoms with Crippen LogP contribution in [0.2, 0.25) is 5.02 Å². The van der Waals surface area contributed by atoms with E-state index >= 15 is 0 Å². The number of fused-ring (bicyclic) bond motifs is 1. The second-order valence-corrected chi connectivity index (χ2v) is 6.00. The molecule has 0 atom stereocenters. The molecule has 2 N–H and O–H groups in total. The van der Waals surface area contributed by atoms with E-state index in [1.54, 1.807) is 22.8 Å². The molecular weight excluding hydrogens is 310 g/mol. The average Bonchev–Trinajstić information content (AvgIpc) is 2.53. The molecule has 0 aliphatic carbocycles. The molecule has 0 aliphatic heterocycles. The minimum absolute atomic E-state index is 0.0587. The Morgan fingerprint density at radius 1 is 1.22 bits per heavy atom. The summed E-state index contributed by atoms with van der Waals surface area (Å²) < 4.78 is 1.71. The SMILES string of the molecule is Cc1cccc(-c2nc3cc(Cl)ccc3c(=O)n2CCCN)c1. The predicted molar refractivity (Wildman–Crippen MR) is 94.9 cm³/mol. The first-order chi connectivity index (χ1) is 11.1. The molecule has 0 radical (unpaired) electrons. The van der Waals surface area contributed by atoms with Gasteiger partial charge < -0.3 is 5.73 Å². The first-order valence-corrected chi connectivity index (χ1v) is 7.95. The molecular formula is C18H18ClN3O. The summed E-state index contributed by atoms with van der Waals surface area (Å²) in [5, 5.41) is 1.14. The van der Waals surface area contributed by atoms with Gasteiger partial charge in [0.15, 0.2) is 0 Å². The second kappa shape index (κ2) is 6.52. The summed E-state index contributed by atoms with van der Waals surface area (Å²) in [5.74, 6) is 0.655. The fourth-order valence-corrected chi connectivity index (χ4v) is 2.82. The lowest BCUT2D eigenvalue weighted by Crippen LogP contribution is -2.24. The summed E-state index contributed by atoms with van der Waals surface area (Å²) in [6.45, 7) is 3.09. The van der Waals surface area contributed by atoms with Crippen LogP contribution < -0.4 is 11.3 Å². The Hall–Kier alpha value is -2.17. The Morgan fingerprint density at radius 3 is 2.78 bits per heavy atom. The van der Waals surface area contributed by atoms with Crippen LogP contribution in [-0.4, -0.2) is 16.1 Å². The van der Waals surface area contributed by atoms with Gasteiger partial charge in [-0.25, -0.2) is 4.98 Å². The van der Waals surface area contributed by atoms with Crippen LogP contribution in [0.1, 0.15) is 12.0 Å². The third kappa shape index (κ3) is 3.14. The number of hydrogen-bond acceptors (Lipinski definition) is 3. The molecule has 23 heavy (non-hydrogen) atoms. The minimum atomic E-state index is -0.0587. The van der Waals surface area contributed by atoms with E-state index in [4.69, 9.17) is 22.3 Å². The van der Waals surface area contributed by atoms with Crippen molar-refractivity contribution >= 4 is 22.5 Å². The van der Waals surface area contributed by atoms with Crippen LogP contribution in [0.15, 0.2) is 47.3 Å². The summed E-state index contributed by atoms with van der Waals surface area (Å²) in [6.07, 6.45) is 0.722. The first-order valence-electron chi connectivity index (χ1n) is 7.57. The van der Waals surface area contributed by atoms with Crippen LogP contribution in [0, 0.1) is 6.92 Å². The molecule has 1 aromatic heterocycles. The Morgan fingerprint density at radius 2 is 2.04 bits per heavy atom. The van der Waals surface area contributed by atoms with Crippen molar-refractivity contribution < 1.29 is 0 Å². The van der Waals surface area contributed by atoms with Gasteiger partial charge >= 0.3 is 0 Å². The monoisotopic (exact) mass is 327 g/mol. The zero-order chi connectivity index (χ0) is 16.4. The topological polar surface area (TPSA) is 60.9 Å². The van der Waals surface area contributed by atoms with Crippen molar-refractivity contribution in [1.82, 2.24) is 9.55 Å². The Bertz CT molecular complexity index is 918. The summed E-state index contributed by atoms with van der Waals surface area (Å²) in [7, 11) is 0. The third-order valence-corrected chi connectivity index (χ3v) is 4.01. The molecule has 2 aromatic carbocycles. The van der Waals surface area contributed by atoms with Crippen LogP contribution >= 0.6 is 11.6 Å². The van der Waals surface area contributed by atoms with Gasteiger partial charge in [-0.1, -0.05) is 35.4 Å². The second-order valence-electron chi connectivity index (χ2n) is 5.57. The summed E-state index contributed by atoms with van der Waals surface area (Å²) in [4.78, 5) is 17.6. The van der Waals surface area contributed by atoms with Gasteiger partial charge in [0, 0.05) is 17.1 Å². The highest BCUT2D eigenvalue weighted by molar-refractivity contribution is 6.31. The van der Waals surface area contributed by atoms with Crippen molar-refractivity contribution in [3.05, 3.63) is 63.4 Å². The number of aromatic nitrogens is 2. The van der Waals surface area contributed by atoms with E-state index in [1.807, 2.05) is 31.2 Å². The van der Waals surface area contributed by atoms with E-state index in [9.17, 15) is 4.79 Å². The summed E-state index contributed by atoms with van der Waals surface area (Å²) in [6, 6.07) is 13.1. The lowest BCUT2D eigenvalue weighted by molar-refractivity contribution is 0.632. The van der Waals surface area contributed by atoms with Crippen molar-refractivity contribution in [3.8, 4) is 11.4 Å². The van der Waals surface area contributed by atoms with Gasteiger partial charge in [-0.2, -0.15) is 0 Å². The molecule has 0 unspecified atom stereocenters. The molecule has 0 aliphatic rings. The molecule has 4 nitrogen and oxygen atoms in total. The molecule has 0 saturated heterocycles. The predicted octanol–water partition coefficient (Wildman–Crippen LogP) is 3.37. The average molecular weight is 328 g/mol. The van der Waals surface area contributed by atoms with Gasteiger partial charge in [0.1, 0.15) is 5.82 Å². The normalized spacial score (nSPS) is 11.1. The molecule has 118 valence electrons. The van der Waals surface area contributed by atoms with Crippen molar-refractivity contribution in [1.29, 1.82) is 0 Å². The molecule has 0 spiro atoms. The smallest absolute Gasteiger partial charge is 0.261 e. The molecule has 0 bridgehead atoms. The van der Waals surface area contributed by atoms with E-state index in [0.29, 0.717) is 34.8 Å². The third-order valence-electron chi connectivity index (χ3n) is 3.78. The highest BCUT2D eigenvalue weighted by Gasteiger charge is 2.13. The van der Waals surface area contributed by atoms with Gasteiger partial charge in [-0.05, 0) is 44.2 Å². The lowest BCUT2D eigenvalue weighted by Gasteiger charge is -2.14. The number of hydrogen-bond donors (Lipinski definition) is 1. The number of halogens is 1. The van der Waals surface area contributed by atoms with Crippen molar-refractivity contribution in [2.24, 2.45) is 5.73 Å². The fourth-order valence-electron chi connectivity index (χ4n) is 2.66. The number of benzene rings is 2. The molecule has 0 amide bonds. The molecule has 0 fully saturated rings. The Kier molecular flexibility index (Phi) is 4.46. The van der Waals surface area contributed by atoms with E-state index in [2.05, 4.69) is 0 Å². The molecule has 0 saturated carbocycles. The Balaban J connectivity index is 2.30. The van der Waals surface area contributed by atoms with Crippen molar-refractivity contribution in [2.45, 2.75) is 19.9 Å². The lowest BCUT2D eigenvalue weighted by atomic mass is 10.1. The number of aryl methyl sites for hydroxylation is 1. The first kappa shape index (κ1) is 15.7. The standard InChI is InChI=1S/C18H18ClN3O/c1-12-4-2-5-13(10-12)17-21-16-11-14(19)6-7-15(16)18(23)22(17)9-3-8-20/h2,4-7,10-11H,3,8-9,20H2,1H3. The highest BCUT2D eigenvalue weighted by atomic mass is 35.5. The number of nitrogens with zero attached hydrogens (tertiary/aromatic N) is 2. The maximum absolute atomic E-state index is 12.9. The van der Waals surface area contributed by atoms with Gasteiger partial charge in [-0.15, -0.1) is 0 Å². The highest BCUT2D eigenvalue weighted by Crippen LogP contribution is 2.22. The van der Waals surface area contributed by atoms with Crippen LogP contribution in [0.5, 0.6) is 0 Å². The maximum Gasteiger partial charge on any atom is 0.261 e.